The summed E-state index contributed by atoms with van der Waals surface area (Å²) in [5.41, 5.74) is 0.664. The second-order valence-corrected chi connectivity index (χ2v) is 6.84. The third kappa shape index (κ3) is 3.77. The number of amides is 1. The molecule has 0 spiro atoms. The molecule has 9 heteroatoms. The Labute approximate surface area is 159 Å². The number of carbonyl (C=O) groups is 1. The highest BCUT2D eigenvalue weighted by atomic mass is 32.1. The topological polar surface area (TPSA) is 104 Å². The van der Waals surface area contributed by atoms with E-state index in [1.54, 1.807) is 19.1 Å². The summed E-state index contributed by atoms with van der Waals surface area (Å²) < 4.78 is 16.0. The number of anilines is 1. The number of hydrogen-bond donors (Lipinski definition) is 1. The molecule has 0 bridgehead atoms. The molecule has 0 saturated heterocycles. The highest BCUT2D eigenvalue weighted by Gasteiger charge is 2.19. The van der Waals surface area contributed by atoms with Crippen LogP contribution in [0.2, 0.25) is 0 Å². The number of ether oxygens (including phenoxy) is 2. The van der Waals surface area contributed by atoms with Gasteiger partial charge >= 0.3 is 5.63 Å². The molecule has 1 aromatic carbocycles. The van der Waals surface area contributed by atoms with E-state index < -0.39 is 5.63 Å². The fourth-order valence-electron chi connectivity index (χ4n) is 2.74. The SMILES string of the molecule is CCc1nnc(NC(=O)Cc2c(C)c3c(OC)cc(OC)cc3oc2=O)s1. The maximum absolute atomic E-state index is 12.4. The lowest BCUT2D eigenvalue weighted by atomic mass is 10.0. The number of nitrogens with zero attached hydrogens (tertiary/aromatic N) is 2. The van der Waals surface area contributed by atoms with Crippen molar-refractivity contribution in [2.75, 3.05) is 19.5 Å². The summed E-state index contributed by atoms with van der Waals surface area (Å²) in [7, 11) is 3.04. The first kappa shape index (κ1) is 18.8. The smallest absolute Gasteiger partial charge is 0.340 e. The summed E-state index contributed by atoms with van der Waals surface area (Å²) in [6.45, 7) is 3.72. The van der Waals surface area contributed by atoms with E-state index in [9.17, 15) is 9.59 Å². The van der Waals surface area contributed by atoms with Crippen LogP contribution in [0.15, 0.2) is 21.3 Å². The number of fused-ring (bicyclic) bond motifs is 1. The van der Waals surface area contributed by atoms with Crippen molar-refractivity contribution >= 4 is 33.3 Å². The van der Waals surface area contributed by atoms with Gasteiger partial charge in [0, 0.05) is 12.1 Å². The maximum Gasteiger partial charge on any atom is 0.340 e. The van der Waals surface area contributed by atoms with Crippen LogP contribution in [0.4, 0.5) is 5.13 Å². The van der Waals surface area contributed by atoms with Crippen molar-refractivity contribution in [3.63, 3.8) is 0 Å². The molecule has 1 amide bonds. The predicted molar refractivity (Wildman–Crippen MR) is 102 cm³/mol. The molecule has 2 heterocycles. The third-order valence-electron chi connectivity index (χ3n) is 4.12. The van der Waals surface area contributed by atoms with Crippen molar-refractivity contribution in [3.05, 3.63) is 38.7 Å². The van der Waals surface area contributed by atoms with Crippen LogP contribution in [0.25, 0.3) is 11.0 Å². The molecule has 0 saturated carbocycles. The van der Waals surface area contributed by atoms with Crippen LogP contribution >= 0.6 is 11.3 Å². The first-order chi connectivity index (χ1) is 13.0. The van der Waals surface area contributed by atoms with E-state index in [4.69, 9.17) is 13.9 Å². The molecule has 0 aliphatic carbocycles. The summed E-state index contributed by atoms with van der Waals surface area (Å²) in [6, 6.07) is 3.32. The van der Waals surface area contributed by atoms with Gasteiger partial charge in [0.25, 0.3) is 0 Å². The van der Waals surface area contributed by atoms with Crippen LogP contribution in [-0.4, -0.2) is 30.3 Å². The summed E-state index contributed by atoms with van der Waals surface area (Å²) >= 11 is 1.30. The van der Waals surface area contributed by atoms with Crippen molar-refractivity contribution in [3.8, 4) is 11.5 Å². The molecule has 8 nitrogen and oxygen atoms in total. The average Bonchev–Trinajstić information content (AvgIpc) is 3.11. The van der Waals surface area contributed by atoms with Crippen LogP contribution in [0.3, 0.4) is 0 Å². The monoisotopic (exact) mass is 389 g/mol. The zero-order chi connectivity index (χ0) is 19.6. The fourth-order valence-corrected chi connectivity index (χ4v) is 3.43. The van der Waals surface area contributed by atoms with E-state index in [2.05, 4.69) is 15.5 Å². The van der Waals surface area contributed by atoms with Crippen LogP contribution < -0.4 is 20.4 Å². The number of benzene rings is 1. The molecule has 1 N–H and O–H groups in total. The van der Waals surface area contributed by atoms with Gasteiger partial charge in [-0.15, -0.1) is 10.2 Å². The Morgan fingerprint density at radius 3 is 2.67 bits per heavy atom. The minimum Gasteiger partial charge on any atom is -0.496 e. The van der Waals surface area contributed by atoms with Crippen LogP contribution in [-0.2, 0) is 17.6 Å². The number of aromatic nitrogens is 2. The van der Waals surface area contributed by atoms with Crippen molar-refractivity contribution in [1.82, 2.24) is 10.2 Å². The van der Waals surface area contributed by atoms with Gasteiger partial charge in [0.1, 0.15) is 22.1 Å². The molecule has 0 fully saturated rings. The third-order valence-corrected chi connectivity index (χ3v) is 5.11. The summed E-state index contributed by atoms with van der Waals surface area (Å²) in [5, 5.41) is 12.4. The zero-order valence-electron chi connectivity index (χ0n) is 15.4. The molecule has 27 heavy (non-hydrogen) atoms. The predicted octanol–water partition coefficient (Wildman–Crippen LogP) is 2.71. The largest absolute Gasteiger partial charge is 0.496 e. The summed E-state index contributed by atoms with van der Waals surface area (Å²) in [6.07, 6.45) is 0.602. The number of nitrogens with one attached hydrogen (secondary N) is 1. The Hall–Kier alpha value is -2.94. The molecule has 0 aliphatic heterocycles. The number of methoxy groups -OCH3 is 2. The first-order valence-corrected chi connectivity index (χ1v) is 9.09. The minimum absolute atomic E-state index is 0.139. The van der Waals surface area contributed by atoms with E-state index >= 15 is 0 Å². The second-order valence-electron chi connectivity index (χ2n) is 5.78. The van der Waals surface area contributed by atoms with E-state index in [0.29, 0.717) is 33.2 Å². The van der Waals surface area contributed by atoms with Gasteiger partial charge in [-0.05, 0) is 18.9 Å². The Balaban J connectivity index is 1.96. The van der Waals surface area contributed by atoms with Gasteiger partial charge in [-0.2, -0.15) is 0 Å². The van der Waals surface area contributed by atoms with Gasteiger partial charge in [0.15, 0.2) is 0 Å². The van der Waals surface area contributed by atoms with E-state index in [1.165, 1.54) is 25.6 Å². The number of aryl methyl sites for hydroxylation is 2. The van der Waals surface area contributed by atoms with Crippen molar-refractivity contribution in [2.45, 2.75) is 26.7 Å². The number of hydrogen-bond acceptors (Lipinski definition) is 8. The van der Waals surface area contributed by atoms with Gasteiger partial charge in [0.2, 0.25) is 11.0 Å². The van der Waals surface area contributed by atoms with Crippen LogP contribution in [0.5, 0.6) is 11.5 Å². The van der Waals surface area contributed by atoms with Gasteiger partial charge < -0.3 is 19.2 Å². The lowest BCUT2D eigenvalue weighted by Crippen LogP contribution is -2.20. The Bertz CT molecular complexity index is 1060. The molecule has 142 valence electrons. The highest BCUT2D eigenvalue weighted by Crippen LogP contribution is 2.33. The van der Waals surface area contributed by atoms with Crippen LogP contribution in [0.1, 0.15) is 23.1 Å². The molecule has 0 atom stereocenters. The molecular weight excluding hydrogens is 370 g/mol. The molecule has 3 rings (SSSR count). The van der Waals surface area contributed by atoms with Gasteiger partial charge in [0.05, 0.1) is 31.6 Å². The fraction of sp³-hybridized carbons (Fsp3) is 0.333. The van der Waals surface area contributed by atoms with Gasteiger partial charge in [-0.25, -0.2) is 4.79 Å². The lowest BCUT2D eigenvalue weighted by molar-refractivity contribution is -0.115. The quantitative estimate of drug-likeness (QED) is 0.647. The Morgan fingerprint density at radius 2 is 2.04 bits per heavy atom. The van der Waals surface area contributed by atoms with E-state index in [0.717, 1.165) is 11.4 Å². The van der Waals surface area contributed by atoms with Gasteiger partial charge in [-0.1, -0.05) is 18.3 Å². The lowest BCUT2D eigenvalue weighted by Gasteiger charge is -2.12. The molecular formula is C18H19N3O5S. The van der Waals surface area contributed by atoms with Crippen molar-refractivity contribution in [1.29, 1.82) is 0 Å². The van der Waals surface area contributed by atoms with Gasteiger partial charge in [-0.3, -0.25) is 4.79 Å². The average molecular weight is 389 g/mol. The highest BCUT2D eigenvalue weighted by molar-refractivity contribution is 7.15. The number of rotatable bonds is 6. The summed E-state index contributed by atoms with van der Waals surface area (Å²) in [5.74, 6) is 0.649. The molecule has 2 aromatic heterocycles. The standard InChI is InChI=1S/C18H19N3O5S/c1-5-15-20-21-18(27-15)19-14(22)8-11-9(2)16-12(25-4)6-10(24-3)7-13(16)26-17(11)23/h6-7H,5,8H2,1-4H3,(H,19,21,22). The second kappa shape index (κ2) is 7.75. The van der Waals surface area contributed by atoms with E-state index in [1.807, 2.05) is 6.92 Å². The maximum atomic E-state index is 12.4. The zero-order valence-corrected chi connectivity index (χ0v) is 16.2. The Kier molecular flexibility index (Phi) is 5.41. The van der Waals surface area contributed by atoms with Crippen LogP contribution in [0, 0.1) is 6.92 Å². The Morgan fingerprint density at radius 1 is 1.26 bits per heavy atom. The molecule has 3 aromatic rings. The minimum atomic E-state index is -0.572. The molecule has 0 radical (unpaired) electrons. The first-order valence-electron chi connectivity index (χ1n) is 8.27. The van der Waals surface area contributed by atoms with Crippen molar-refractivity contribution < 1.29 is 18.7 Å². The van der Waals surface area contributed by atoms with E-state index in [-0.39, 0.29) is 17.9 Å². The molecule has 0 unspecified atom stereocenters. The molecule has 0 aliphatic rings. The normalized spacial score (nSPS) is 10.8. The number of carbonyl (C=O) groups excluding carboxylic acids is 1. The van der Waals surface area contributed by atoms with Crippen molar-refractivity contribution in [2.24, 2.45) is 0 Å². The summed E-state index contributed by atoms with van der Waals surface area (Å²) in [4.78, 5) is 24.8.